The number of nitrogens with one attached hydrogen (secondary N) is 1. The number of fused-ring (bicyclic) bond motifs is 1. The fourth-order valence-corrected chi connectivity index (χ4v) is 4.27. The fourth-order valence-electron chi connectivity index (χ4n) is 3.43. The SMILES string of the molecule is CNC(=O)C(C)N(CCc1ccccc1)C(=O)CN(c1ccc2c(c1)OCO2)S(C)(=O)=O. The van der Waals surface area contributed by atoms with Gasteiger partial charge in [-0.25, -0.2) is 8.42 Å². The summed E-state index contributed by atoms with van der Waals surface area (Å²) in [6.07, 6.45) is 1.55. The molecule has 1 aliphatic heterocycles. The Morgan fingerprint density at radius 2 is 1.78 bits per heavy atom. The molecule has 0 aliphatic carbocycles. The van der Waals surface area contributed by atoms with E-state index in [9.17, 15) is 18.0 Å². The molecule has 172 valence electrons. The zero-order valence-corrected chi connectivity index (χ0v) is 19.1. The number of ether oxygens (including phenoxy) is 2. The van der Waals surface area contributed by atoms with Gasteiger partial charge in [0.05, 0.1) is 11.9 Å². The van der Waals surface area contributed by atoms with E-state index in [0.717, 1.165) is 16.1 Å². The summed E-state index contributed by atoms with van der Waals surface area (Å²) in [5.74, 6) is 0.0926. The van der Waals surface area contributed by atoms with Crippen molar-refractivity contribution in [1.29, 1.82) is 0 Å². The van der Waals surface area contributed by atoms with Gasteiger partial charge in [-0.15, -0.1) is 0 Å². The third-order valence-corrected chi connectivity index (χ3v) is 6.36. The van der Waals surface area contributed by atoms with Gasteiger partial charge in [0.25, 0.3) is 0 Å². The number of nitrogens with zero attached hydrogens (tertiary/aromatic N) is 2. The summed E-state index contributed by atoms with van der Waals surface area (Å²) in [7, 11) is -2.30. The smallest absolute Gasteiger partial charge is 0.244 e. The van der Waals surface area contributed by atoms with Crippen molar-refractivity contribution in [2.24, 2.45) is 0 Å². The van der Waals surface area contributed by atoms with Crippen LogP contribution in [0.4, 0.5) is 5.69 Å². The van der Waals surface area contributed by atoms with Crippen LogP contribution in [0.1, 0.15) is 12.5 Å². The molecule has 2 aromatic rings. The first-order valence-electron chi connectivity index (χ1n) is 10.1. The number of amides is 2. The Labute approximate surface area is 188 Å². The zero-order chi connectivity index (χ0) is 23.3. The van der Waals surface area contributed by atoms with Gasteiger partial charge >= 0.3 is 0 Å². The summed E-state index contributed by atoms with van der Waals surface area (Å²) in [5, 5.41) is 2.55. The molecule has 0 fully saturated rings. The van der Waals surface area contributed by atoms with Crippen molar-refractivity contribution < 1.29 is 27.5 Å². The fraction of sp³-hybridized carbons (Fsp3) is 0.364. The van der Waals surface area contributed by atoms with Crippen molar-refractivity contribution in [2.45, 2.75) is 19.4 Å². The van der Waals surface area contributed by atoms with E-state index in [1.54, 1.807) is 19.1 Å². The summed E-state index contributed by atoms with van der Waals surface area (Å²) >= 11 is 0. The number of carbonyl (C=O) groups excluding carboxylic acids is 2. The van der Waals surface area contributed by atoms with E-state index in [4.69, 9.17) is 9.47 Å². The first-order chi connectivity index (χ1) is 15.2. The lowest BCUT2D eigenvalue weighted by molar-refractivity contribution is -0.138. The van der Waals surface area contributed by atoms with E-state index in [1.165, 1.54) is 18.0 Å². The molecular weight excluding hydrogens is 434 g/mol. The average Bonchev–Trinajstić information content (AvgIpc) is 3.24. The highest BCUT2D eigenvalue weighted by Crippen LogP contribution is 2.36. The second-order valence-electron chi connectivity index (χ2n) is 7.42. The monoisotopic (exact) mass is 461 g/mol. The first kappa shape index (κ1) is 23.4. The average molecular weight is 462 g/mol. The number of anilines is 1. The Balaban J connectivity index is 1.84. The lowest BCUT2D eigenvalue weighted by Crippen LogP contribution is -2.51. The van der Waals surface area contributed by atoms with Crippen molar-refractivity contribution in [3.05, 3.63) is 54.1 Å². The molecule has 9 nitrogen and oxygen atoms in total. The topological polar surface area (TPSA) is 105 Å². The van der Waals surface area contributed by atoms with E-state index in [0.29, 0.717) is 17.9 Å². The number of carbonyl (C=O) groups is 2. The molecule has 0 saturated carbocycles. The Kier molecular flexibility index (Phi) is 7.24. The van der Waals surface area contributed by atoms with E-state index in [2.05, 4.69) is 5.32 Å². The number of likely N-dealkylation sites (N-methyl/N-ethyl adjacent to an activating group) is 1. The summed E-state index contributed by atoms with van der Waals surface area (Å²) in [4.78, 5) is 27.0. The van der Waals surface area contributed by atoms with E-state index >= 15 is 0 Å². The number of rotatable bonds is 9. The minimum absolute atomic E-state index is 0.0491. The molecule has 10 heteroatoms. The molecule has 1 unspecified atom stereocenters. The number of hydrogen-bond acceptors (Lipinski definition) is 6. The summed E-state index contributed by atoms with van der Waals surface area (Å²) in [5.41, 5.74) is 1.28. The first-order valence-corrected chi connectivity index (χ1v) is 12.0. The third-order valence-electron chi connectivity index (χ3n) is 5.22. The lowest BCUT2D eigenvalue weighted by atomic mass is 10.1. The van der Waals surface area contributed by atoms with Gasteiger partial charge in [0, 0.05) is 19.7 Å². The Morgan fingerprint density at radius 3 is 2.44 bits per heavy atom. The molecule has 1 aliphatic rings. The van der Waals surface area contributed by atoms with Crippen molar-refractivity contribution in [1.82, 2.24) is 10.2 Å². The normalized spacial score (nSPS) is 13.3. The van der Waals surface area contributed by atoms with Crippen LogP contribution in [0.2, 0.25) is 0 Å². The predicted octanol–water partition coefficient (Wildman–Crippen LogP) is 1.39. The number of benzene rings is 2. The van der Waals surface area contributed by atoms with Crippen molar-refractivity contribution in [2.75, 3.05) is 37.5 Å². The van der Waals surface area contributed by atoms with Crippen molar-refractivity contribution >= 4 is 27.5 Å². The van der Waals surface area contributed by atoms with E-state index in [1.807, 2.05) is 30.3 Å². The summed E-state index contributed by atoms with van der Waals surface area (Å²) < 4.78 is 36.7. The number of sulfonamides is 1. The van der Waals surface area contributed by atoms with Gasteiger partial charge in [-0.3, -0.25) is 13.9 Å². The molecule has 1 atom stereocenters. The largest absolute Gasteiger partial charge is 0.454 e. The Bertz CT molecular complexity index is 1070. The molecule has 0 bridgehead atoms. The van der Waals surface area contributed by atoms with Crippen molar-refractivity contribution in [3.63, 3.8) is 0 Å². The second kappa shape index (κ2) is 9.90. The molecule has 0 saturated heterocycles. The van der Waals surface area contributed by atoms with Crippen LogP contribution in [0.15, 0.2) is 48.5 Å². The molecule has 2 aromatic carbocycles. The highest BCUT2D eigenvalue weighted by Gasteiger charge is 2.30. The van der Waals surface area contributed by atoms with Crippen LogP contribution in [0.3, 0.4) is 0 Å². The van der Waals surface area contributed by atoms with Crippen LogP contribution in [0.25, 0.3) is 0 Å². The molecule has 1 heterocycles. The van der Waals surface area contributed by atoms with E-state index in [-0.39, 0.29) is 24.9 Å². The lowest BCUT2D eigenvalue weighted by Gasteiger charge is -2.31. The molecule has 0 radical (unpaired) electrons. The van der Waals surface area contributed by atoms with Gasteiger partial charge in [0.15, 0.2) is 11.5 Å². The van der Waals surface area contributed by atoms with Crippen molar-refractivity contribution in [3.8, 4) is 11.5 Å². The Hall–Kier alpha value is -3.27. The van der Waals surface area contributed by atoms with Gasteiger partial charge in [-0.2, -0.15) is 0 Å². The van der Waals surface area contributed by atoms with Gasteiger partial charge < -0.3 is 19.7 Å². The predicted molar refractivity (Wildman–Crippen MR) is 120 cm³/mol. The minimum Gasteiger partial charge on any atom is -0.454 e. The Morgan fingerprint density at radius 1 is 1.09 bits per heavy atom. The maximum atomic E-state index is 13.3. The second-order valence-corrected chi connectivity index (χ2v) is 9.33. The molecule has 1 N–H and O–H groups in total. The zero-order valence-electron chi connectivity index (χ0n) is 18.3. The van der Waals surface area contributed by atoms with Gasteiger partial charge in [0.1, 0.15) is 12.6 Å². The van der Waals surface area contributed by atoms with Gasteiger partial charge in [0.2, 0.25) is 28.6 Å². The molecular formula is C22H27N3O6S. The van der Waals surface area contributed by atoms with Crippen LogP contribution in [-0.4, -0.2) is 64.4 Å². The van der Waals surface area contributed by atoms with Crippen LogP contribution in [0, 0.1) is 0 Å². The molecule has 2 amide bonds. The quantitative estimate of drug-likeness (QED) is 0.605. The van der Waals surface area contributed by atoms with Crippen LogP contribution in [0.5, 0.6) is 11.5 Å². The maximum Gasteiger partial charge on any atom is 0.244 e. The number of hydrogen-bond donors (Lipinski definition) is 1. The van der Waals surface area contributed by atoms with Gasteiger partial charge in [-0.05, 0) is 31.0 Å². The standard InChI is InChI=1S/C22H27N3O6S/c1-16(22(27)23-2)24(12-11-17-7-5-4-6-8-17)21(26)14-25(32(3,28)29)18-9-10-19-20(13-18)31-15-30-19/h4-10,13,16H,11-12,14-15H2,1-3H3,(H,23,27). The van der Waals surface area contributed by atoms with Crippen LogP contribution < -0.4 is 19.1 Å². The molecule has 32 heavy (non-hydrogen) atoms. The highest BCUT2D eigenvalue weighted by atomic mass is 32.2. The third kappa shape index (κ3) is 5.50. The maximum absolute atomic E-state index is 13.3. The minimum atomic E-state index is -3.79. The summed E-state index contributed by atoms with van der Waals surface area (Å²) in [6.45, 7) is 1.48. The molecule has 0 spiro atoms. The molecule has 3 rings (SSSR count). The van der Waals surface area contributed by atoms with Crippen LogP contribution >= 0.6 is 0 Å². The van der Waals surface area contributed by atoms with Crippen LogP contribution in [-0.2, 0) is 26.0 Å². The summed E-state index contributed by atoms with van der Waals surface area (Å²) in [6, 6.07) is 13.5. The van der Waals surface area contributed by atoms with E-state index < -0.39 is 28.5 Å². The molecule has 0 aromatic heterocycles. The van der Waals surface area contributed by atoms with Gasteiger partial charge in [-0.1, -0.05) is 30.3 Å². The highest BCUT2D eigenvalue weighted by molar-refractivity contribution is 7.92.